The van der Waals surface area contributed by atoms with Crippen molar-refractivity contribution in [1.29, 1.82) is 0 Å². The zero-order valence-corrected chi connectivity index (χ0v) is 34.3. The van der Waals surface area contributed by atoms with Gasteiger partial charge < -0.3 is 28.4 Å². The minimum atomic E-state index is -0.114. The van der Waals surface area contributed by atoms with Gasteiger partial charge in [-0.25, -0.2) is 0 Å². The van der Waals surface area contributed by atoms with Gasteiger partial charge in [0, 0.05) is 13.0 Å². The van der Waals surface area contributed by atoms with Crippen LogP contribution in [-0.4, -0.2) is 78.6 Å². The lowest BCUT2D eigenvalue weighted by molar-refractivity contribution is -0.145. The molecule has 0 aromatic carbocycles. The van der Waals surface area contributed by atoms with Gasteiger partial charge in [-0.05, 0) is 12.8 Å². The van der Waals surface area contributed by atoms with Crippen LogP contribution < -0.4 is 0 Å². The number of carbonyl (C=O) groups is 1. The molecule has 0 aromatic heterocycles. The predicted octanol–water partition coefficient (Wildman–Crippen LogP) is 12.4. The lowest BCUT2D eigenvalue weighted by Crippen LogP contribution is -2.15. The first kappa shape index (κ1) is 50.3. The fourth-order valence-electron chi connectivity index (χ4n) is 6.31. The molecule has 0 aliphatic heterocycles. The van der Waals surface area contributed by atoms with Crippen LogP contribution in [0.25, 0.3) is 0 Å². The summed E-state index contributed by atoms with van der Waals surface area (Å²) in [6.07, 6.45) is 39.7. The van der Waals surface area contributed by atoms with Gasteiger partial charge in [0.15, 0.2) is 0 Å². The van der Waals surface area contributed by atoms with E-state index in [1.807, 2.05) is 0 Å². The first-order valence-electron chi connectivity index (χ1n) is 22.4. The van der Waals surface area contributed by atoms with E-state index >= 15 is 0 Å². The molecule has 0 saturated heterocycles. The van der Waals surface area contributed by atoms with Crippen molar-refractivity contribution < 1.29 is 33.2 Å². The molecule has 51 heavy (non-hydrogen) atoms. The molecule has 0 fully saturated rings. The summed E-state index contributed by atoms with van der Waals surface area (Å²) >= 11 is 0. The summed E-state index contributed by atoms with van der Waals surface area (Å²) < 4.78 is 33.1. The molecule has 0 aromatic rings. The summed E-state index contributed by atoms with van der Waals surface area (Å²) in [7, 11) is 0. The van der Waals surface area contributed by atoms with Gasteiger partial charge in [0.1, 0.15) is 6.61 Å². The molecular weight excluding hydrogens is 640 g/mol. The van der Waals surface area contributed by atoms with Crippen LogP contribution in [0.5, 0.6) is 0 Å². The summed E-state index contributed by atoms with van der Waals surface area (Å²) in [5.41, 5.74) is 0. The zero-order chi connectivity index (χ0) is 36.8. The van der Waals surface area contributed by atoms with E-state index in [9.17, 15) is 4.79 Å². The topological polar surface area (TPSA) is 72.5 Å². The minimum absolute atomic E-state index is 0.114. The number of hydrogen-bond donors (Lipinski definition) is 0. The van der Waals surface area contributed by atoms with Crippen molar-refractivity contribution in [3.05, 3.63) is 0 Å². The zero-order valence-electron chi connectivity index (χ0n) is 34.3. The van der Waals surface area contributed by atoms with Gasteiger partial charge in [-0.2, -0.15) is 0 Å². The van der Waals surface area contributed by atoms with Crippen LogP contribution >= 0.6 is 0 Å². The van der Waals surface area contributed by atoms with Crippen molar-refractivity contribution in [2.24, 2.45) is 0 Å². The van der Waals surface area contributed by atoms with Crippen molar-refractivity contribution in [2.75, 3.05) is 72.7 Å². The van der Waals surface area contributed by atoms with Gasteiger partial charge in [0.2, 0.25) is 0 Å². The number of unbranched alkanes of at least 4 members (excludes halogenated alkanes) is 27. The van der Waals surface area contributed by atoms with Gasteiger partial charge in [-0.3, -0.25) is 4.79 Å². The molecule has 0 atom stereocenters. The molecule has 7 nitrogen and oxygen atoms in total. The first-order valence-corrected chi connectivity index (χ1v) is 22.4. The summed E-state index contributed by atoms with van der Waals surface area (Å²) in [6.45, 7) is 10.6. The third kappa shape index (κ3) is 47.2. The van der Waals surface area contributed by atoms with Crippen LogP contribution in [-0.2, 0) is 33.2 Å². The lowest BCUT2D eigenvalue weighted by Gasteiger charge is -2.08. The number of rotatable bonds is 46. The molecule has 0 saturated carbocycles. The highest BCUT2D eigenvalue weighted by molar-refractivity contribution is 5.69. The molecular formula is C44H88O7. The summed E-state index contributed by atoms with van der Waals surface area (Å²) in [5, 5.41) is 0. The Bertz CT molecular complexity index is 633. The average Bonchev–Trinajstić information content (AvgIpc) is 3.14. The molecule has 7 heteroatoms. The van der Waals surface area contributed by atoms with E-state index in [-0.39, 0.29) is 5.97 Å². The highest BCUT2D eigenvalue weighted by Crippen LogP contribution is 2.15. The van der Waals surface area contributed by atoms with Crippen molar-refractivity contribution in [3.63, 3.8) is 0 Å². The molecule has 306 valence electrons. The second kappa shape index (κ2) is 47.3. The van der Waals surface area contributed by atoms with Crippen LogP contribution in [0.2, 0.25) is 0 Å². The molecule has 0 aliphatic rings. The highest BCUT2D eigenvalue weighted by Gasteiger charge is 2.03. The Balaban J connectivity index is 3.12. The van der Waals surface area contributed by atoms with Crippen molar-refractivity contribution in [3.8, 4) is 0 Å². The quantitative estimate of drug-likeness (QED) is 0.0456. The number of ether oxygens (including phenoxy) is 6. The maximum atomic E-state index is 11.9. The normalized spacial score (nSPS) is 11.5. The Morgan fingerprint density at radius 3 is 0.824 bits per heavy atom. The van der Waals surface area contributed by atoms with Crippen molar-refractivity contribution in [2.45, 2.75) is 206 Å². The fraction of sp³-hybridized carbons (Fsp3) is 0.977. The highest BCUT2D eigenvalue weighted by atomic mass is 16.6. The molecule has 0 bridgehead atoms. The van der Waals surface area contributed by atoms with Crippen molar-refractivity contribution in [1.82, 2.24) is 0 Å². The van der Waals surface area contributed by atoms with E-state index in [0.29, 0.717) is 72.5 Å². The van der Waals surface area contributed by atoms with Crippen LogP contribution in [0.15, 0.2) is 0 Å². The van der Waals surface area contributed by atoms with E-state index in [1.54, 1.807) is 0 Å². The predicted molar refractivity (Wildman–Crippen MR) is 215 cm³/mol. The fourth-order valence-corrected chi connectivity index (χ4v) is 6.31. The lowest BCUT2D eigenvalue weighted by atomic mass is 10.0. The maximum Gasteiger partial charge on any atom is 0.305 e. The Labute approximate surface area is 317 Å². The van der Waals surface area contributed by atoms with E-state index in [4.69, 9.17) is 28.4 Å². The molecule has 0 spiro atoms. The Kier molecular flexibility index (Phi) is 46.6. The largest absolute Gasteiger partial charge is 0.463 e. The van der Waals surface area contributed by atoms with Crippen LogP contribution in [0.3, 0.4) is 0 Å². The van der Waals surface area contributed by atoms with Gasteiger partial charge in [-0.15, -0.1) is 0 Å². The standard InChI is InChI=1S/C44H88O7/c1-3-5-7-9-11-13-15-17-18-19-21-23-25-27-29-31-33-46-34-35-47-36-37-48-38-39-49-40-41-50-42-43-51-44(45)32-30-28-26-24-22-20-16-14-12-10-8-6-4-2/h3-43H2,1-2H3. The van der Waals surface area contributed by atoms with Crippen LogP contribution in [0.1, 0.15) is 206 Å². The number of carbonyl (C=O) groups excluding carboxylic acids is 1. The van der Waals surface area contributed by atoms with E-state index in [2.05, 4.69) is 13.8 Å². The van der Waals surface area contributed by atoms with Gasteiger partial charge in [0.25, 0.3) is 0 Å². The smallest absolute Gasteiger partial charge is 0.305 e. The van der Waals surface area contributed by atoms with E-state index in [1.165, 1.54) is 167 Å². The third-order valence-corrected chi connectivity index (χ3v) is 9.61. The van der Waals surface area contributed by atoms with Crippen LogP contribution in [0, 0.1) is 0 Å². The summed E-state index contributed by atoms with van der Waals surface area (Å²) in [6, 6.07) is 0. The molecule has 0 aliphatic carbocycles. The second-order valence-corrected chi connectivity index (χ2v) is 14.6. The summed E-state index contributed by atoms with van der Waals surface area (Å²) in [5.74, 6) is -0.114. The van der Waals surface area contributed by atoms with Gasteiger partial charge in [0.05, 0.1) is 59.5 Å². The molecule has 0 heterocycles. The van der Waals surface area contributed by atoms with Gasteiger partial charge >= 0.3 is 5.97 Å². The molecule has 0 unspecified atom stereocenters. The molecule has 0 amide bonds. The Morgan fingerprint density at radius 2 is 0.510 bits per heavy atom. The molecule has 0 rings (SSSR count). The van der Waals surface area contributed by atoms with Crippen molar-refractivity contribution >= 4 is 5.97 Å². The first-order chi connectivity index (χ1) is 25.3. The SMILES string of the molecule is CCCCCCCCCCCCCCCCCCOCCOCCOCCOCCOCCOC(=O)CCCCCCCCCCCCCCC. The Hall–Kier alpha value is -0.730. The van der Waals surface area contributed by atoms with Gasteiger partial charge in [-0.1, -0.05) is 187 Å². The van der Waals surface area contributed by atoms with Crippen LogP contribution in [0.4, 0.5) is 0 Å². The third-order valence-electron chi connectivity index (χ3n) is 9.61. The monoisotopic (exact) mass is 729 g/mol. The Morgan fingerprint density at radius 1 is 0.275 bits per heavy atom. The molecule has 0 N–H and O–H groups in total. The second-order valence-electron chi connectivity index (χ2n) is 14.6. The van der Waals surface area contributed by atoms with E-state index < -0.39 is 0 Å². The molecule has 0 radical (unpaired) electrons. The van der Waals surface area contributed by atoms with E-state index in [0.717, 1.165) is 25.9 Å². The number of hydrogen-bond acceptors (Lipinski definition) is 7. The minimum Gasteiger partial charge on any atom is -0.463 e. The average molecular weight is 729 g/mol. The number of esters is 1. The maximum absolute atomic E-state index is 11.9. The summed E-state index contributed by atoms with van der Waals surface area (Å²) in [4.78, 5) is 11.9.